The molecule has 5 nitrogen and oxygen atoms in total. The molecule has 0 fully saturated rings. The molecule has 0 saturated heterocycles. The quantitative estimate of drug-likeness (QED) is 0.423. The number of amides is 1. The Balaban J connectivity index is 1.81. The molecule has 0 heterocycles. The molecular weight excluding hydrogens is 464 g/mol. The molecule has 2 atom stereocenters. The summed E-state index contributed by atoms with van der Waals surface area (Å²) in [5.41, 5.74) is 1.79. The second-order valence-corrected chi connectivity index (χ2v) is 10.4. The van der Waals surface area contributed by atoms with Crippen LogP contribution in [0.4, 0.5) is 0 Å². The van der Waals surface area contributed by atoms with E-state index < -0.39 is 22.0 Å². The van der Waals surface area contributed by atoms with Crippen LogP contribution in [-0.2, 0) is 21.2 Å². The Kier molecular flexibility index (Phi) is 8.37. The Morgan fingerprint density at radius 3 is 2.19 bits per heavy atom. The Labute approximate surface area is 198 Å². The van der Waals surface area contributed by atoms with Crippen LogP contribution >= 0.6 is 23.4 Å². The maximum Gasteiger partial charge on any atom is 0.241 e. The highest BCUT2D eigenvalue weighted by atomic mass is 35.5. The first kappa shape index (κ1) is 24.3. The van der Waals surface area contributed by atoms with E-state index in [1.807, 2.05) is 67.8 Å². The predicted molar refractivity (Wildman–Crippen MR) is 130 cm³/mol. The molecule has 0 aromatic heterocycles. The fourth-order valence-corrected chi connectivity index (χ4v) is 4.93. The molecule has 2 N–H and O–H groups in total. The zero-order valence-corrected chi connectivity index (χ0v) is 20.2. The first-order valence-corrected chi connectivity index (χ1v) is 13.1. The van der Waals surface area contributed by atoms with Crippen molar-refractivity contribution in [2.45, 2.75) is 35.2 Å². The number of thioether (sulfide) groups is 1. The van der Waals surface area contributed by atoms with Gasteiger partial charge in [-0.2, -0.15) is 4.72 Å². The molecule has 0 saturated carbocycles. The summed E-state index contributed by atoms with van der Waals surface area (Å²) in [4.78, 5) is 14.3. The second kappa shape index (κ2) is 11.0. The normalized spacial score (nSPS) is 13.3. The SMILES string of the molecule is CSc1ccc([C@H](C)NC(=O)[C@@H](Cc2ccccc2)NS(=O)(=O)c2ccc(Cl)cc2)cc1. The van der Waals surface area contributed by atoms with Gasteiger partial charge in [0.15, 0.2) is 0 Å². The number of nitrogens with one attached hydrogen (secondary N) is 2. The summed E-state index contributed by atoms with van der Waals surface area (Å²) in [7, 11) is -3.92. The Morgan fingerprint density at radius 2 is 1.59 bits per heavy atom. The van der Waals surface area contributed by atoms with Gasteiger partial charge in [-0.1, -0.05) is 54.1 Å². The molecule has 168 valence electrons. The van der Waals surface area contributed by atoms with Crippen molar-refractivity contribution in [2.75, 3.05) is 6.26 Å². The van der Waals surface area contributed by atoms with Crippen molar-refractivity contribution >= 4 is 39.3 Å². The number of halogens is 1. The van der Waals surface area contributed by atoms with Gasteiger partial charge in [-0.15, -0.1) is 11.8 Å². The zero-order chi connectivity index (χ0) is 23.1. The summed E-state index contributed by atoms with van der Waals surface area (Å²) in [6, 6.07) is 21.8. The van der Waals surface area contributed by atoms with Gasteiger partial charge in [0, 0.05) is 9.92 Å². The highest BCUT2D eigenvalue weighted by Gasteiger charge is 2.27. The molecule has 0 aliphatic heterocycles. The first-order valence-electron chi connectivity index (χ1n) is 10.0. The van der Waals surface area contributed by atoms with Gasteiger partial charge in [0.1, 0.15) is 6.04 Å². The molecule has 8 heteroatoms. The summed E-state index contributed by atoms with van der Waals surface area (Å²) in [5, 5.41) is 3.38. The van der Waals surface area contributed by atoms with Gasteiger partial charge in [-0.3, -0.25) is 4.79 Å². The van der Waals surface area contributed by atoms with Crippen LogP contribution in [0, 0.1) is 0 Å². The van der Waals surface area contributed by atoms with Gasteiger partial charge < -0.3 is 5.32 Å². The van der Waals surface area contributed by atoms with E-state index in [1.54, 1.807) is 11.8 Å². The minimum atomic E-state index is -3.92. The summed E-state index contributed by atoms with van der Waals surface area (Å²) in [6.45, 7) is 1.87. The van der Waals surface area contributed by atoms with Gasteiger partial charge in [-0.05, 0) is 67.1 Å². The van der Waals surface area contributed by atoms with Crippen LogP contribution in [0.5, 0.6) is 0 Å². The fraction of sp³-hybridized carbons (Fsp3) is 0.208. The van der Waals surface area contributed by atoms with Crippen LogP contribution in [0.2, 0.25) is 5.02 Å². The highest BCUT2D eigenvalue weighted by Crippen LogP contribution is 2.20. The standard InChI is InChI=1S/C24H25ClN2O3S2/c1-17(19-8-12-21(31-2)13-9-19)26-24(28)23(16-18-6-4-3-5-7-18)27-32(29,30)22-14-10-20(25)11-15-22/h3-15,17,23,27H,16H2,1-2H3,(H,26,28)/t17-,23+/m0/s1. The molecule has 0 bridgehead atoms. The lowest BCUT2D eigenvalue weighted by Gasteiger charge is -2.22. The molecule has 3 aromatic carbocycles. The molecule has 0 unspecified atom stereocenters. The molecule has 3 rings (SSSR count). The van der Waals surface area contributed by atoms with Crippen molar-refractivity contribution in [3.05, 3.63) is 95.0 Å². The molecule has 0 spiro atoms. The molecule has 0 aliphatic rings. The van der Waals surface area contributed by atoms with Crippen LogP contribution in [0.1, 0.15) is 24.1 Å². The van der Waals surface area contributed by atoms with E-state index in [-0.39, 0.29) is 17.4 Å². The van der Waals surface area contributed by atoms with Crippen LogP contribution in [-0.4, -0.2) is 26.6 Å². The monoisotopic (exact) mass is 488 g/mol. The Hall–Kier alpha value is -2.32. The zero-order valence-electron chi connectivity index (χ0n) is 17.8. The predicted octanol–water partition coefficient (Wildman–Crippen LogP) is 4.83. The van der Waals surface area contributed by atoms with Crippen molar-refractivity contribution in [1.82, 2.24) is 10.0 Å². The van der Waals surface area contributed by atoms with E-state index in [1.165, 1.54) is 24.3 Å². The molecular formula is C24H25ClN2O3S2. The smallest absolute Gasteiger partial charge is 0.241 e. The van der Waals surface area contributed by atoms with E-state index >= 15 is 0 Å². The van der Waals surface area contributed by atoms with Gasteiger partial charge in [0.2, 0.25) is 15.9 Å². The fourth-order valence-electron chi connectivity index (χ4n) is 3.20. The van der Waals surface area contributed by atoms with Crippen molar-refractivity contribution < 1.29 is 13.2 Å². The lowest BCUT2D eigenvalue weighted by atomic mass is 10.0. The Bertz CT molecular complexity index is 1140. The van der Waals surface area contributed by atoms with E-state index in [2.05, 4.69) is 10.0 Å². The maximum atomic E-state index is 13.2. The molecule has 0 radical (unpaired) electrons. The van der Waals surface area contributed by atoms with Crippen LogP contribution in [0.15, 0.2) is 88.7 Å². The van der Waals surface area contributed by atoms with Crippen LogP contribution < -0.4 is 10.0 Å². The Morgan fingerprint density at radius 1 is 0.969 bits per heavy atom. The number of rotatable bonds is 9. The van der Waals surface area contributed by atoms with Gasteiger partial charge >= 0.3 is 0 Å². The van der Waals surface area contributed by atoms with E-state index in [4.69, 9.17) is 11.6 Å². The summed E-state index contributed by atoms with van der Waals surface area (Å²) < 4.78 is 28.4. The van der Waals surface area contributed by atoms with Crippen molar-refractivity contribution in [1.29, 1.82) is 0 Å². The lowest BCUT2D eigenvalue weighted by molar-refractivity contribution is -0.123. The third kappa shape index (κ3) is 6.59. The average molecular weight is 489 g/mol. The van der Waals surface area contributed by atoms with Crippen molar-refractivity contribution in [3.8, 4) is 0 Å². The summed E-state index contributed by atoms with van der Waals surface area (Å²) in [5.74, 6) is -0.396. The number of hydrogen-bond donors (Lipinski definition) is 2. The van der Waals surface area contributed by atoms with E-state index in [9.17, 15) is 13.2 Å². The van der Waals surface area contributed by atoms with E-state index in [0.29, 0.717) is 5.02 Å². The second-order valence-electron chi connectivity index (χ2n) is 7.32. The number of hydrogen-bond acceptors (Lipinski definition) is 4. The molecule has 0 aliphatic carbocycles. The van der Waals surface area contributed by atoms with Crippen molar-refractivity contribution in [3.63, 3.8) is 0 Å². The van der Waals surface area contributed by atoms with E-state index in [0.717, 1.165) is 16.0 Å². The summed E-state index contributed by atoms with van der Waals surface area (Å²) in [6.07, 6.45) is 2.22. The molecule has 3 aromatic rings. The molecule has 1 amide bonds. The third-order valence-corrected chi connectivity index (χ3v) is 7.48. The highest BCUT2D eigenvalue weighted by molar-refractivity contribution is 7.98. The number of carbonyl (C=O) groups excluding carboxylic acids is 1. The maximum absolute atomic E-state index is 13.2. The number of benzene rings is 3. The van der Waals surface area contributed by atoms with Gasteiger partial charge in [0.05, 0.1) is 10.9 Å². The van der Waals surface area contributed by atoms with Crippen LogP contribution in [0.25, 0.3) is 0 Å². The lowest BCUT2D eigenvalue weighted by Crippen LogP contribution is -2.48. The number of sulfonamides is 1. The van der Waals surface area contributed by atoms with Crippen molar-refractivity contribution in [2.24, 2.45) is 0 Å². The van der Waals surface area contributed by atoms with Crippen LogP contribution in [0.3, 0.4) is 0 Å². The minimum Gasteiger partial charge on any atom is -0.348 e. The van der Waals surface area contributed by atoms with Gasteiger partial charge in [0.25, 0.3) is 0 Å². The largest absolute Gasteiger partial charge is 0.348 e. The minimum absolute atomic E-state index is 0.0495. The topological polar surface area (TPSA) is 75.3 Å². The van der Waals surface area contributed by atoms with Gasteiger partial charge in [-0.25, -0.2) is 8.42 Å². The first-order chi connectivity index (χ1) is 15.3. The molecule has 32 heavy (non-hydrogen) atoms. The third-order valence-electron chi connectivity index (χ3n) is 5.00. The average Bonchev–Trinajstić information content (AvgIpc) is 2.79. The number of carbonyl (C=O) groups is 1. The summed E-state index contributed by atoms with van der Waals surface area (Å²) >= 11 is 7.52.